The predicted molar refractivity (Wildman–Crippen MR) is 77.5 cm³/mol. The smallest absolute Gasteiger partial charge is 0.222 e. The molecule has 1 aromatic heterocycles. The molecule has 1 amide bonds. The third-order valence-corrected chi connectivity index (χ3v) is 3.67. The summed E-state index contributed by atoms with van der Waals surface area (Å²) in [6.07, 6.45) is 5.99. The van der Waals surface area contributed by atoms with Crippen molar-refractivity contribution in [3.8, 4) is 0 Å². The number of hydrogen-bond donors (Lipinski definition) is 1. The van der Waals surface area contributed by atoms with Gasteiger partial charge >= 0.3 is 0 Å². The number of pyridine rings is 1. The zero-order valence-electron chi connectivity index (χ0n) is 12.2. The van der Waals surface area contributed by atoms with E-state index in [9.17, 15) is 4.79 Å². The van der Waals surface area contributed by atoms with Crippen molar-refractivity contribution in [2.45, 2.75) is 39.2 Å². The Morgan fingerprint density at radius 1 is 1.32 bits per heavy atom. The fourth-order valence-corrected chi connectivity index (χ4v) is 2.06. The summed E-state index contributed by atoms with van der Waals surface area (Å²) in [5, 5.41) is 0. The molecule has 106 valence electrons. The molecular formula is C15H25N3O. The van der Waals surface area contributed by atoms with Gasteiger partial charge < -0.3 is 10.6 Å². The van der Waals surface area contributed by atoms with Crippen LogP contribution in [0.15, 0.2) is 24.5 Å². The van der Waals surface area contributed by atoms with E-state index in [1.807, 2.05) is 31.0 Å². The lowest BCUT2D eigenvalue weighted by Gasteiger charge is -2.25. The second-order valence-electron chi connectivity index (χ2n) is 5.18. The van der Waals surface area contributed by atoms with E-state index in [4.69, 9.17) is 5.73 Å². The van der Waals surface area contributed by atoms with Crippen LogP contribution in [0.1, 0.15) is 44.7 Å². The maximum absolute atomic E-state index is 12.1. The van der Waals surface area contributed by atoms with E-state index in [0.29, 0.717) is 18.9 Å². The molecule has 0 aromatic carbocycles. The van der Waals surface area contributed by atoms with Crippen molar-refractivity contribution in [3.05, 3.63) is 30.1 Å². The molecule has 0 bridgehead atoms. The predicted octanol–water partition coefficient (Wildman–Crippen LogP) is 2.37. The average molecular weight is 263 g/mol. The number of rotatable bonds is 7. The van der Waals surface area contributed by atoms with E-state index in [-0.39, 0.29) is 11.9 Å². The molecule has 2 N–H and O–H groups in total. The maximum Gasteiger partial charge on any atom is 0.222 e. The first-order valence-corrected chi connectivity index (χ1v) is 6.92. The summed E-state index contributed by atoms with van der Waals surface area (Å²) in [5.41, 5.74) is 6.63. The van der Waals surface area contributed by atoms with E-state index >= 15 is 0 Å². The van der Waals surface area contributed by atoms with Gasteiger partial charge in [-0.3, -0.25) is 9.78 Å². The van der Waals surface area contributed by atoms with Gasteiger partial charge in [-0.05, 0) is 49.9 Å². The van der Waals surface area contributed by atoms with Crippen molar-refractivity contribution in [1.29, 1.82) is 0 Å². The Morgan fingerprint density at radius 2 is 1.95 bits per heavy atom. The summed E-state index contributed by atoms with van der Waals surface area (Å²) in [6.45, 7) is 4.88. The van der Waals surface area contributed by atoms with Crippen LogP contribution in [-0.2, 0) is 4.79 Å². The number of carbonyl (C=O) groups is 1. The van der Waals surface area contributed by atoms with Crippen LogP contribution in [0.2, 0.25) is 0 Å². The third kappa shape index (κ3) is 4.99. The summed E-state index contributed by atoms with van der Waals surface area (Å²) in [6, 6.07) is 3.98. The molecular weight excluding hydrogens is 238 g/mol. The lowest BCUT2D eigenvalue weighted by molar-refractivity contribution is -0.132. The number of aromatic nitrogens is 1. The largest absolute Gasteiger partial charge is 0.339 e. The molecule has 2 unspecified atom stereocenters. The number of nitrogens with zero attached hydrogens (tertiary/aromatic N) is 2. The topological polar surface area (TPSA) is 59.2 Å². The van der Waals surface area contributed by atoms with E-state index in [0.717, 1.165) is 18.4 Å². The molecule has 0 aliphatic heterocycles. The second kappa shape index (κ2) is 7.89. The zero-order valence-corrected chi connectivity index (χ0v) is 12.2. The van der Waals surface area contributed by atoms with Crippen molar-refractivity contribution >= 4 is 5.91 Å². The van der Waals surface area contributed by atoms with Crippen LogP contribution < -0.4 is 5.73 Å². The van der Waals surface area contributed by atoms with Gasteiger partial charge in [0.25, 0.3) is 0 Å². The molecule has 0 saturated heterocycles. The molecule has 0 radical (unpaired) electrons. The van der Waals surface area contributed by atoms with Crippen LogP contribution >= 0.6 is 0 Å². The minimum Gasteiger partial charge on any atom is -0.339 e. The van der Waals surface area contributed by atoms with Gasteiger partial charge in [-0.1, -0.05) is 6.92 Å². The van der Waals surface area contributed by atoms with Gasteiger partial charge in [0.1, 0.15) is 0 Å². The van der Waals surface area contributed by atoms with Crippen molar-refractivity contribution in [1.82, 2.24) is 9.88 Å². The van der Waals surface area contributed by atoms with Gasteiger partial charge in [-0.15, -0.1) is 0 Å². The third-order valence-electron chi connectivity index (χ3n) is 3.67. The summed E-state index contributed by atoms with van der Waals surface area (Å²) in [4.78, 5) is 18.0. The van der Waals surface area contributed by atoms with Crippen LogP contribution in [-0.4, -0.2) is 29.4 Å². The van der Waals surface area contributed by atoms with Gasteiger partial charge in [-0.25, -0.2) is 0 Å². The molecule has 0 spiro atoms. The van der Waals surface area contributed by atoms with Crippen LogP contribution in [0, 0.1) is 5.92 Å². The van der Waals surface area contributed by atoms with Crippen LogP contribution in [0.25, 0.3) is 0 Å². The Morgan fingerprint density at radius 3 is 2.53 bits per heavy atom. The molecule has 0 saturated carbocycles. The molecule has 0 aliphatic rings. The molecule has 2 atom stereocenters. The Hall–Kier alpha value is -1.42. The Balaban J connectivity index is 2.48. The summed E-state index contributed by atoms with van der Waals surface area (Å²) in [5.74, 6) is 0.701. The van der Waals surface area contributed by atoms with E-state index in [2.05, 4.69) is 11.9 Å². The zero-order chi connectivity index (χ0) is 14.3. The summed E-state index contributed by atoms with van der Waals surface area (Å²) >= 11 is 0. The first-order chi connectivity index (χ1) is 9.06. The van der Waals surface area contributed by atoms with Crippen LogP contribution in [0.5, 0.6) is 0 Å². The molecule has 19 heavy (non-hydrogen) atoms. The first kappa shape index (κ1) is 15.6. The Kier molecular flexibility index (Phi) is 6.50. The highest BCUT2D eigenvalue weighted by Gasteiger charge is 2.17. The van der Waals surface area contributed by atoms with Crippen molar-refractivity contribution in [3.63, 3.8) is 0 Å². The van der Waals surface area contributed by atoms with Crippen molar-refractivity contribution in [2.75, 3.05) is 13.6 Å². The maximum atomic E-state index is 12.1. The molecule has 4 nitrogen and oxygen atoms in total. The quantitative estimate of drug-likeness (QED) is 0.821. The standard InChI is InChI=1S/C15H25N3O/c1-12(6-9-16)4-5-15(19)18(3)13(2)14-7-10-17-11-8-14/h7-8,10-13H,4-6,9,16H2,1-3H3. The SMILES string of the molecule is CC(CCN)CCC(=O)N(C)C(C)c1ccncc1. The van der Waals surface area contributed by atoms with Crippen molar-refractivity contribution < 1.29 is 4.79 Å². The lowest BCUT2D eigenvalue weighted by atomic mass is 10.0. The minimum absolute atomic E-state index is 0.0836. The van der Waals surface area contributed by atoms with E-state index in [1.54, 1.807) is 12.4 Å². The van der Waals surface area contributed by atoms with Gasteiger partial charge in [0.2, 0.25) is 5.91 Å². The fourth-order valence-electron chi connectivity index (χ4n) is 2.06. The van der Waals surface area contributed by atoms with Gasteiger partial charge in [-0.2, -0.15) is 0 Å². The highest BCUT2D eigenvalue weighted by molar-refractivity contribution is 5.76. The number of amides is 1. The average Bonchev–Trinajstić information content (AvgIpc) is 2.44. The van der Waals surface area contributed by atoms with Crippen molar-refractivity contribution in [2.24, 2.45) is 11.7 Å². The lowest BCUT2D eigenvalue weighted by Crippen LogP contribution is -2.29. The number of hydrogen-bond acceptors (Lipinski definition) is 3. The van der Waals surface area contributed by atoms with Gasteiger partial charge in [0.15, 0.2) is 0 Å². The molecule has 0 fully saturated rings. The van der Waals surface area contributed by atoms with Gasteiger partial charge in [0, 0.05) is 25.9 Å². The molecule has 1 heterocycles. The number of carbonyl (C=O) groups excluding carboxylic acids is 1. The fraction of sp³-hybridized carbons (Fsp3) is 0.600. The highest BCUT2D eigenvalue weighted by atomic mass is 16.2. The van der Waals surface area contributed by atoms with E-state index in [1.165, 1.54) is 0 Å². The highest BCUT2D eigenvalue weighted by Crippen LogP contribution is 2.19. The Bertz CT molecular complexity index is 380. The van der Waals surface area contributed by atoms with E-state index < -0.39 is 0 Å². The normalized spacial score (nSPS) is 13.9. The molecule has 4 heteroatoms. The van der Waals surface area contributed by atoms with Crippen LogP contribution in [0.4, 0.5) is 0 Å². The molecule has 1 aromatic rings. The monoisotopic (exact) mass is 263 g/mol. The minimum atomic E-state index is 0.0836. The Labute approximate surface area is 116 Å². The number of nitrogens with two attached hydrogens (primary N) is 1. The summed E-state index contributed by atoms with van der Waals surface area (Å²) in [7, 11) is 1.86. The second-order valence-corrected chi connectivity index (χ2v) is 5.18. The molecule has 1 rings (SSSR count). The van der Waals surface area contributed by atoms with Crippen LogP contribution in [0.3, 0.4) is 0 Å². The molecule has 0 aliphatic carbocycles. The summed E-state index contributed by atoms with van der Waals surface area (Å²) < 4.78 is 0. The van der Waals surface area contributed by atoms with Gasteiger partial charge in [0.05, 0.1) is 6.04 Å². The first-order valence-electron chi connectivity index (χ1n) is 6.92.